The zero-order valence-electron chi connectivity index (χ0n) is 23.1. The maximum Gasteiger partial charge on any atom is 0.410 e. The number of alkyl halides is 1. The van der Waals surface area contributed by atoms with Crippen LogP contribution in [0.1, 0.15) is 71.9 Å². The maximum absolute atomic E-state index is 16.2. The lowest BCUT2D eigenvalue weighted by Gasteiger charge is -2.43. The van der Waals surface area contributed by atoms with E-state index in [1.165, 1.54) is 12.0 Å². The first-order chi connectivity index (χ1) is 17.8. The molecule has 1 aromatic heterocycles. The molecule has 38 heavy (non-hydrogen) atoms. The summed E-state index contributed by atoms with van der Waals surface area (Å²) in [5.41, 5.74) is 1.62. The van der Waals surface area contributed by atoms with E-state index in [1.807, 2.05) is 33.1 Å². The molecule has 1 amide bonds. The van der Waals surface area contributed by atoms with Gasteiger partial charge in [-0.2, -0.15) is 15.1 Å². The number of piperidine rings is 1. The number of hydrogen-bond acceptors (Lipinski definition) is 8. The Labute approximate surface area is 223 Å². The molecule has 1 saturated carbocycles. The number of nitrogens with zero attached hydrogens (tertiary/aromatic N) is 5. The lowest BCUT2D eigenvalue weighted by molar-refractivity contribution is -0.0146. The standard InChI is InChI=1S/C28H38FN5O4/c1-16-9-18-14-30-34(24-13-22(17-10-19(35)11-17)31-25(32-24)37-6)23(18)12-20(16)21-7-8-33(15-28(21,5)29)26(36)38-27(2,3)4/h12-14,17-19,21,35H,7-11,15H2,1-6H3/t17?,18?,19?,21?,28-/m0/s1. The van der Waals surface area contributed by atoms with Gasteiger partial charge in [-0.15, -0.1) is 0 Å². The first-order valence-electron chi connectivity index (χ1n) is 13.4. The van der Waals surface area contributed by atoms with Crippen molar-refractivity contribution in [3.8, 4) is 6.01 Å². The van der Waals surface area contributed by atoms with Gasteiger partial charge in [-0.25, -0.2) is 14.2 Å². The number of carbonyl (C=O) groups excluding carboxylic acids is 1. The van der Waals surface area contributed by atoms with Crippen molar-refractivity contribution in [3.05, 3.63) is 34.7 Å². The van der Waals surface area contributed by atoms with Gasteiger partial charge in [0, 0.05) is 36.6 Å². The summed E-state index contributed by atoms with van der Waals surface area (Å²) in [5, 5.41) is 16.2. The van der Waals surface area contributed by atoms with Crippen LogP contribution < -0.4 is 9.75 Å². The van der Waals surface area contributed by atoms with Crippen molar-refractivity contribution in [2.75, 3.05) is 25.2 Å². The number of hydrazone groups is 1. The number of aromatic nitrogens is 2. The van der Waals surface area contributed by atoms with Gasteiger partial charge in [-0.1, -0.05) is 5.57 Å². The van der Waals surface area contributed by atoms with E-state index >= 15 is 4.39 Å². The number of fused-ring (bicyclic) bond motifs is 1. The predicted molar refractivity (Wildman–Crippen MR) is 142 cm³/mol. The molecule has 1 saturated heterocycles. The summed E-state index contributed by atoms with van der Waals surface area (Å²) in [6, 6.07) is 2.16. The van der Waals surface area contributed by atoms with Gasteiger partial charge in [-0.05, 0) is 72.0 Å². The second kappa shape index (κ2) is 9.63. The molecule has 2 unspecified atom stereocenters. The number of ether oxygens (including phenoxy) is 2. The molecule has 0 bridgehead atoms. The molecule has 2 aliphatic heterocycles. The van der Waals surface area contributed by atoms with E-state index in [1.54, 1.807) is 11.9 Å². The predicted octanol–water partition coefficient (Wildman–Crippen LogP) is 4.73. The molecule has 5 rings (SSSR count). The summed E-state index contributed by atoms with van der Waals surface area (Å²) >= 11 is 0. The van der Waals surface area contributed by atoms with Crippen molar-refractivity contribution < 1.29 is 23.8 Å². The number of allylic oxidation sites excluding steroid dienone is 4. The van der Waals surface area contributed by atoms with E-state index in [4.69, 9.17) is 9.47 Å². The van der Waals surface area contributed by atoms with E-state index in [0.717, 1.165) is 29.0 Å². The minimum absolute atomic E-state index is 0.0180. The lowest BCUT2D eigenvalue weighted by Crippen LogP contribution is -2.53. The number of anilines is 1. The third kappa shape index (κ3) is 5.15. The fourth-order valence-electron chi connectivity index (χ4n) is 5.87. The molecule has 9 nitrogen and oxygen atoms in total. The molecule has 4 aliphatic rings. The van der Waals surface area contributed by atoms with Gasteiger partial charge < -0.3 is 19.5 Å². The highest BCUT2D eigenvalue weighted by atomic mass is 19.1. The van der Waals surface area contributed by atoms with Gasteiger partial charge >= 0.3 is 12.1 Å². The van der Waals surface area contributed by atoms with Gasteiger partial charge in [0.15, 0.2) is 5.82 Å². The first kappa shape index (κ1) is 26.6. The number of rotatable bonds is 4. The Morgan fingerprint density at radius 1 is 1.26 bits per heavy atom. The average Bonchev–Trinajstić information content (AvgIpc) is 3.22. The molecular weight excluding hydrogens is 489 g/mol. The minimum atomic E-state index is -1.61. The fraction of sp³-hybridized carbons (Fsp3) is 0.643. The molecule has 3 heterocycles. The fourth-order valence-corrected chi connectivity index (χ4v) is 5.87. The Kier molecular flexibility index (Phi) is 6.74. The van der Waals surface area contributed by atoms with Crippen LogP contribution in [0.4, 0.5) is 15.0 Å². The highest BCUT2D eigenvalue weighted by Gasteiger charge is 2.45. The van der Waals surface area contributed by atoms with Crippen molar-refractivity contribution in [2.24, 2.45) is 16.9 Å². The Bertz CT molecular complexity index is 1200. The van der Waals surface area contributed by atoms with Crippen LogP contribution >= 0.6 is 0 Å². The normalized spacial score (nSPS) is 31.1. The van der Waals surface area contributed by atoms with Crippen LogP contribution in [0.3, 0.4) is 0 Å². The molecule has 2 fully saturated rings. The summed E-state index contributed by atoms with van der Waals surface area (Å²) in [7, 11) is 1.53. The lowest BCUT2D eigenvalue weighted by atomic mass is 9.74. The molecule has 1 N–H and O–H groups in total. The third-order valence-electron chi connectivity index (χ3n) is 7.89. The van der Waals surface area contributed by atoms with Gasteiger partial charge in [-0.3, -0.25) is 0 Å². The quantitative estimate of drug-likeness (QED) is 0.604. The van der Waals surface area contributed by atoms with Crippen molar-refractivity contribution in [3.63, 3.8) is 0 Å². The number of halogens is 1. The summed E-state index contributed by atoms with van der Waals surface area (Å²) in [6.45, 7) is 9.49. The van der Waals surface area contributed by atoms with E-state index in [9.17, 15) is 9.90 Å². The maximum atomic E-state index is 16.2. The van der Waals surface area contributed by atoms with E-state index < -0.39 is 17.4 Å². The molecule has 0 spiro atoms. The SMILES string of the molecule is COc1nc(C2CC(O)C2)cc(N2N=CC3CC(C)=C(C4CCN(C(=O)OC(C)(C)C)C[C@]4(C)F)C=C32)n1. The number of hydrogen-bond donors (Lipinski definition) is 1. The molecule has 3 atom stereocenters. The summed E-state index contributed by atoms with van der Waals surface area (Å²) in [5.74, 6) is 0.466. The Morgan fingerprint density at radius 3 is 2.63 bits per heavy atom. The molecule has 1 aromatic rings. The molecule has 0 radical (unpaired) electrons. The number of likely N-dealkylation sites (tertiary alicyclic amines) is 1. The smallest absolute Gasteiger partial charge is 0.410 e. The Balaban J connectivity index is 1.40. The largest absolute Gasteiger partial charge is 0.467 e. The Hall–Kier alpha value is -3.01. The second-order valence-corrected chi connectivity index (χ2v) is 12.2. The van der Waals surface area contributed by atoms with Gasteiger partial charge in [0.25, 0.3) is 0 Å². The van der Waals surface area contributed by atoms with Crippen molar-refractivity contribution >= 4 is 18.1 Å². The van der Waals surface area contributed by atoms with Crippen molar-refractivity contribution in [1.29, 1.82) is 0 Å². The number of aliphatic hydroxyl groups is 1. The van der Waals surface area contributed by atoms with E-state index in [-0.39, 0.29) is 36.4 Å². The highest BCUT2D eigenvalue weighted by molar-refractivity contribution is 5.76. The molecule has 10 heteroatoms. The van der Waals surface area contributed by atoms with Crippen LogP contribution in [0, 0.1) is 11.8 Å². The van der Waals surface area contributed by atoms with Crippen molar-refractivity contribution in [1.82, 2.24) is 14.9 Å². The van der Waals surface area contributed by atoms with E-state index in [0.29, 0.717) is 31.6 Å². The minimum Gasteiger partial charge on any atom is -0.467 e. The first-order valence-corrected chi connectivity index (χ1v) is 13.4. The van der Waals surface area contributed by atoms with Gasteiger partial charge in [0.05, 0.1) is 31.1 Å². The topological polar surface area (TPSA) is 100 Å². The zero-order chi connectivity index (χ0) is 27.4. The monoisotopic (exact) mass is 527 g/mol. The molecule has 2 aliphatic carbocycles. The van der Waals surface area contributed by atoms with Crippen LogP contribution in [0.5, 0.6) is 6.01 Å². The molecular formula is C28H38FN5O4. The number of methoxy groups -OCH3 is 1. The number of aliphatic hydroxyl groups excluding tert-OH is 1. The molecule has 0 aromatic carbocycles. The second-order valence-electron chi connectivity index (χ2n) is 12.2. The van der Waals surface area contributed by atoms with Crippen LogP contribution in [0.2, 0.25) is 0 Å². The molecule has 206 valence electrons. The highest BCUT2D eigenvalue weighted by Crippen LogP contribution is 2.45. The third-order valence-corrected chi connectivity index (χ3v) is 7.89. The summed E-state index contributed by atoms with van der Waals surface area (Å²) in [4.78, 5) is 23.2. The average molecular weight is 528 g/mol. The Morgan fingerprint density at radius 2 is 2.00 bits per heavy atom. The van der Waals surface area contributed by atoms with Crippen LogP contribution in [-0.4, -0.2) is 69.9 Å². The van der Waals surface area contributed by atoms with Gasteiger partial charge in [0.2, 0.25) is 0 Å². The van der Waals surface area contributed by atoms with Crippen molar-refractivity contribution in [2.45, 2.75) is 83.6 Å². The van der Waals surface area contributed by atoms with Crippen LogP contribution in [0.15, 0.2) is 34.1 Å². The van der Waals surface area contributed by atoms with Crippen LogP contribution in [0.25, 0.3) is 0 Å². The van der Waals surface area contributed by atoms with E-state index in [2.05, 4.69) is 28.1 Å². The number of carbonyl (C=O) groups is 1. The van der Waals surface area contributed by atoms with Gasteiger partial charge in [0.1, 0.15) is 11.3 Å². The summed E-state index contributed by atoms with van der Waals surface area (Å²) < 4.78 is 27.1. The number of amides is 1. The summed E-state index contributed by atoms with van der Waals surface area (Å²) in [6.07, 6.45) is 5.77. The zero-order valence-corrected chi connectivity index (χ0v) is 23.1. The van der Waals surface area contributed by atoms with Crippen LogP contribution in [-0.2, 0) is 4.74 Å².